The summed E-state index contributed by atoms with van der Waals surface area (Å²) >= 11 is 0. The molecular weight excluding hydrogens is 366 g/mol. The molecule has 1 aromatic carbocycles. The number of amides is 1. The smallest absolute Gasteiger partial charge is 0.289 e. The fourth-order valence-electron chi connectivity index (χ4n) is 3.51. The van der Waals surface area contributed by atoms with Gasteiger partial charge < -0.3 is 19.5 Å². The largest absolute Gasteiger partial charge is 0.459 e. The summed E-state index contributed by atoms with van der Waals surface area (Å²) in [4.78, 5) is 25.7. The zero-order chi connectivity index (χ0) is 20.2. The number of hydrogen-bond acceptors (Lipinski definition) is 6. The Morgan fingerprint density at radius 2 is 1.90 bits per heavy atom. The lowest BCUT2D eigenvalue weighted by Crippen LogP contribution is -2.49. The molecule has 1 fully saturated rings. The van der Waals surface area contributed by atoms with Gasteiger partial charge in [0, 0.05) is 43.6 Å². The van der Waals surface area contributed by atoms with Crippen molar-refractivity contribution in [3.63, 3.8) is 0 Å². The number of carbonyl (C=O) groups excluding carboxylic acids is 1. The minimum atomic E-state index is -0.0710. The molecule has 0 unspecified atom stereocenters. The molecule has 4 rings (SSSR count). The zero-order valence-electron chi connectivity index (χ0n) is 16.8. The fourth-order valence-corrected chi connectivity index (χ4v) is 3.51. The first kappa shape index (κ1) is 19.0. The molecular formula is C22H25N5O2. The van der Waals surface area contributed by atoms with Crippen molar-refractivity contribution in [2.75, 3.05) is 36.4 Å². The van der Waals surface area contributed by atoms with Crippen molar-refractivity contribution in [3.8, 4) is 0 Å². The van der Waals surface area contributed by atoms with Gasteiger partial charge in [0.1, 0.15) is 5.82 Å². The van der Waals surface area contributed by atoms with Crippen molar-refractivity contribution in [2.45, 2.75) is 20.3 Å². The number of nitrogens with one attached hydrogen (secondary N) is 1. The van der Waals surface area contributed by atoms with Crippen molar-refractivity contribution in [1.82, 2.24) is 14.9 Å². The third-order valence-corrected chi connectivity index (χ3v) is 5.09. The number of hydrogen-bond donors (Lipinski definition) is 1. The van der Waals surface area contributed by atoms with Crippen molar-refractivity contribution >= 4 is 23.4 Å². The van der Waals surface area contributed by atoms with Gasteiger partial charge in [-0.2, -0.15) is 4.98 Å². The summed E-state index contributed by atoms with van der Waals surface area (Å²) in [5.74, 6) is 1.78. The van der Waals surface area contributed by atoms with Crippen LogP contribution in [0.1, 0.15) is 28.7 Å². The Kier molecular flexibility index (Phi) is 5.46. The summed E-state index contributed by atoms with van der Waals surface area (Å²) in [7, 11) is 0. The van der Waals surface area contributed by atoms with Crippen LogP contribution in [0, 0.1) is 6.92 Å². The molecule has 0 atom stereocenters. The van der Waals surface area contributed by atoms with Crippen LogP contribution in [-0.2, 0) is 6.42 Å². The molecule has 0 saturated carbocycles. The summed E-state index contributed by atoms with van der Waals surface area (Å²) in [6.45, 7) is 6.69. The van der Waals surface area contributed by atoms with Gasteiger partial charge in [0.2, 0.25) is 5.95 Å². The lowest BCUT2D eigenvalue weighted by atomic mass is 10.1. The van der Waals surface area contributed by atoms with Crippen molar-refractivity contribution < 1.29 is 9.21 Å². The van der Waals surface area contributed by atoms with Crippen LogP contribution >= 0.6 is 0 Å². The molecule has 0 bridgehead atoms. The van der Waals surface area contributed by atoms with Gasteiger partial charge in [-0.05, 0) is 37.1 Å². The normalized spacial score (nSPS) is 14.1. The summed E-state index contributed by atoms with van der Waals surface area (Å²) in [5.41, 5.74) is 3.21. The van der Waals surface area contributed by atoms with Crippen LogP contribution in [0.4, 0.5) is 17.5 Å². The maximum Gasteiger partial charge on any atom is 0.289 e. The minimum Gasteiger partial charge on any atom is -0.459 e. The van der Waals surface area contributed by atoms with Gasteiger partial charge in [-0.3, -0.25) is 4.79 Å². The van der Waals surface area contributed by atoms with E-state index in [2.05, 4.69) is 34.3 Å². The first-order valence-corrected chi connectivity index (χ1v) is 9.92. The molecule has 3 aromatic rings. The number of para-hydroxylation sites is 1. The van der Waals surface area contributed by atoms with E-state index in [0.717, 1.165) is 23.6 Å². The molecule has 7 nitrogen and oxygen atoms in total. The highest BCUT2D eigenvalue weighted by atomic mass is 16.3. The monoisotopic (exact) mass is 391 g/mol. The quantitative estimate of drug-likeness (QED) is 0.716. The number of rotatable bonds is 5. The average Bonchev–Trinajstić information content (AvgIpc) is 3.28. The average molecular weight is 391 g/mol. The van der Waals surface area contributed by atoms with Gasteiger partial charge in [0.25, 0.3) is 5.91 Å². The van der Waals surface area contributed by atoms with E-state index in [1.807, 2.05) is 30.0 Å². The standard InChI is InChI=1S/C22H25N5O2/c1-3-17-7-4-5-8-18(17)24-20-15-16(2)23-22(25-20)27-12-10-26(11-13-27)21(28)19-9-6-14-29-19/h4-9,14-15H,3,10-13H2,1-2H3,(H,23,24,25). The minimum absolute atomic E-state index is 0.0710. The molecule has 1 N–H and O–H groups in total. The second-order valence-electron chi connectivity index (χ2n) is 7.09. The van der Waals surface area contributed by atoms with Crippen LogP contribution < -0.4 is 10.2 Å². The number of carbonyl (C=O) groups is 1. The molecule has 3 heterocycles. The van der Waals surface area contributed by atoms with E-state index < -0.39 is 0 Å². The molecule has 1 aliphatic heterocycles. The maximum absolute atomic E-state index is 12.4. The Morgan fingerprint density at radius 3 is 2.62 bits per heavy atom. The van der Waals surface area contributed by atoms with Crippen molar-refractivity contribution in [1.29, 1.82) is 0 Å². The van der Waals surface area contributed by atoms with E-state index in [0.29, 0.717) is 37.9 Å². The van der Waals surface area contributed by atoms with Gasteiger partial charge in [-0.15, -0.1) is 0 Å². The summed E-state index contributed by atoms with van der Waals surface area (Å²) < 4.78 is 5.23. The third-order valence-electron chi connectivity index (χ3n) is 5.09. The van der Waals surface area contributed by atoms with Crippen LogP contribution in [-0.4, -0.2) is 47.0 Å². The lowest BCUT2D eigenvalue weighted by Gasteiger charge is -2.34. The molecule has 0 radical (unpaired) electrons. The molecule has 150 valence electrons. The van der Waals surface area contributed by atoms with Crippen LogP contribution in [0.2, 0.25) is 0 Å². The fraction of sp³-hybridized carbons (Fsp3) is 0.318. The van der Waals surface area contributed by atoms with Gasteiger partial charge in [-0.25, -0.2) is 4.98 Å². The molecule has 0 aliphatic carbocycles. The lowest BCUT2D eigenvalue weighted by molar-refractivity contribution is 0.0714. The Bertz CT molecular complexity index is 979. The highest BCUT2D eigenvalue weighted by molar-refractivity contribution is 5.91. The SMILES string of the molecule is CCc1ccccc1Nc1cc(C)nc(N2CCN(C(=O)c3ccco3)CC2)n1. The number of benzene rings is 1. The molecule has 0 spiro atoms. The third kappa shape index (κ3) is 4.23. The Hall–Kier alpha value is -3.35. The first-order chi connectivity index (χ1) is 14.1. The molecule has 7 heteroatoms. The first-order valence-electron chi connectivity index (χ1n) is 9.92. The Morgan fingerprint density at radius 1 is 1.10 bits per heavy atom. The topological polar surface area (TPSA) is 74.5 Å². The second kappa shape index (κ2) is 8.34. The highest BCUT2D eigenvalue weighted by Crippen LogP contribution is 2.23. The number of aryl methyl sites for hydroxylation is 2. The summed E-state index contributed by atoms with van der Waals surface area (Å²) in [6.07, 6.45) is 2.47. The molecule has 2 aromatic heterocycles. The maximum atomic E-state index is 12.4. The van der Waals surface area contributed by atoms with Crippen LogP contribution in [0.25, 0.3) is 0 Å². The predicted octanol–water partition coefficient (Wildman–Crippen LogP) is 3.65. The van der Waals surface area contributed by atoms with E-state index in [4.69, 9.17) is 9.40 Å². The summed E-state index contributed by atoms with van der Waals surface area (Å²) in [6, 6.07) is 13.6. The van der Waals surface area contributed by atoms with E-state index in [1.165, 1.54) is 11.8 Å². The Balaban J connectivity index is 1.46. The van der Waals surface area contributed by atoms with Gasteiger partial charge in [-0.1, -0.05) is 25.1 Å². The highest BCUT2D eigenvalue weighted by Gasteiger charge is 2.25. The molecule has 1 amide bonds. The van der Waals surface area contributed by atoms with Crippen LogP contribution in [0.15, 0.2) is 53.1 Å². The number of nitrogens with zero attached hydrogens (tertiary/aromatic N) is 4. The van der Waals surface area contributed by atoms with Crippen LogP contribution in [0.5, 0.6) is 0 Å². The number of aromatic nitrogens is 2. The second-order valence-corrected chi connectivity index (χ2v) is 7.09. The van der Waals surface area contributed by atoms with Crippen molar-refractivity contribution in [3.05, 3.63) is 65.7 Å². The molecule has 1 saturated heterocycles. The van der Waals surface area contributed by atoms with Gasteiger partial charge in [0.15, 0.2) is 5.76 Å². The number of furan rings is 1. The number of piperazine rings is 1. The van der Waals surface area contributed by atoms with E-state index in [1.54, 1.807) is 12.1 Å². The van der Waals surface area contributed by atoms with E-state index in [-0.39, 0.29) is 5.91 Å². The van der Waals surface area contributed by atoms with Crippen LogP contribution in [0.3, 0.4) is 0 Å². The predicted molar refractivity (Wildman–Crippen MR) is 113 cm³/mol. The van der Waals surface area contributed by atoms with E-state index >= 15 is 0 Å². The van der Waals surface area contributed by atoms with Gasteiger partial charge in [0.05, 0.1) is 6.26 Å². The zero-order valence-corrected chi connectivity index (χ0v) is 16.8. The van der Waals surface area contributed by atoms with Gasteiger partial charge >= 0.3 is 0 Å². The number of anilines is 3. The molecule has 29 heavy (non-hydrogen) atoms. The van der Waals surface area contributed by atoms with Crippen molar-refractivity contribution in [2.24, 2.45) is 0 Å². The Labute approximate surface area is 170 Å². The molecule has 1 aliphatic rings. The van der Waals surface area contributed by atoms with E-state index in [9.17, 15) is 4.79 Å². The summed E-state index contributed by atoms with van der Waals surface area (Å²) in [5, 5.41) is 3.43.